The molecule has 6 nitrogen and oxygen atoms in total. The molecule has 0 amide bonds. The smallest absolute Gasteiger partial charge is 0.268 e. The van der Waals surface area contributed by atoms with Gasteiger partial charge in [0, 0.05) is 30.4 Å². The molecule has 0 bridgehead atoms. The van der Waals surface area contributed by atoms with E-state index in [1.54, 1.807) is 42.6 Å². The summed E-state index contributed by atoms with van der Waals surface area (Å²) in [6, 6.07) is 14.2. The largest absolute Gasteiger partial charge is 0.491 e. The Kier molecular flexibility index (Phi) is 5.96. The maximum atomic E-state index is 13.2. The maximum Gasteiger partial charge on any atom is 0.268 e. The summed E-state index contributed by atoms with van der Waals surface area (Å²) in [7, 11) is 0.298. The molecule has 1 aromatic heterocycles. The highest BCUT2D eigenvalue weighted by molar-refractivity contribution is 7.90. The minimum atomic E-state index is -3.70. The summed E-state index contributed by atoms with van der Waals surface area (Å²) < 4.78 is 33.4. The van der Waals surface area contributed by atoms with Crippen molar-refractivity contribution in [3.63, 3.8) is 0 Å². The minimum absolute atomic E-state index is 0.0611. The van der Waals surface area contributed by atoms with Crippen molar-refractivity contribution in [1.29, 1.82) is 0 Å². The first-order valence-corrected chi connectivity index (χ1v) is 10.7. The molecule has 0 saturated carbocycles. The lowest BCUT2D eigenvalue weighted by atomic mass is 10.2. The molecule has 28 heavy (non-hydrogen) atoms. The Morgan fingerprint density at radius 3 is 2.61 bits per heavy atom. The lowest BCUT2D eigenvalue weighted by Gasteiger charge is -2.13. The van der Waals surface area contributed by atoms with Gasteiger partial charge in [0.15, 0.2) is 0 Å². The van der Waals surface area contributed by atoms with Gasteiger partial charge in [-0.05, 0) is 70.4 Å². The van der Waals surface area contributed by atoms with Gasteiger partial charge in [0.05, 0.1) is 16.5 Å². The number of aromatic nitrogens is 1. The van der Waals surface area contributed by atoms with Crippen molar-refractivity contribution in [3.8, 4) is 5.75 Å². The summed E-state index contributed by atoms with van der Waals surface area (Å²) in [6.07, 6.45) is 1.65. The molecule has 1 heterocycles. The Morgan fingerprint density at radius 2 is 1.89 bits per heavy atom. The van der Waals surface area contributed by atoms with E-state index in [0.29, 0.717) is 5.52 Å². The second-order valence-corrected chi connectivity index (χ2v) is 9.08. The van der Waals surface area contributed by atoms with Crippen molar-refractivity contribution in [3.05, 3.63) is 54.7 Å². The number of nitrogens with zero attached hydrogens (tertiary/aromatic N) is 2. The van der Waals surface area contributed by atoms with Gasteiger partial charge in [0.25, 0.3) is 10.0 Å². The fraction of sp³-hybridized carbons (Fsp3) is 0.333. The van der Waals surface area contributed by atoms with E-state index in [1.807, 2.05) is 40.1 Å². The molecule has 150 valence electrons. The highest BCUT2D eigenvalue weighted by atomic mass is 32.2. The van der Waals surface area contributed by atoms with Crippen LogP contribution in [0, 0.1) is 0 Å². The minimum Gasteiger partial charge on any atom is -0.491 e. The first-order chi connectivity index (χ1) is 13.3. The highest BCUT2D eigenvalue weighted by Gasteiger charge is 2.19. The Bertz CT molecular complexity index is 1060. The summed E-state index contributed by atoms with van der Waals surface area (Å²) in [6.45, 7) is 5.51. The molecule has 0 radical (unpaired) electrons. The number of nitrogens with one attached hydrogen (secondary N) is 1. The Morgan fingerprint density at radius 1 is 1.11 bits per heavy atom. The average Bonchev–Trinajstić information content (AvgIpc) is 3.05. The van der Waals surface area contributed by atoms with Gasteiger partial charge >= 0.3 is 0 Å². The molecule has 0 atom stereocenters. The molecule has 0 spiro atoms. The van der Waals surface area contributed by atoms with Crippen LogP contribution in [-0.2, 0) is 10.0 Å². The SMILES string of the molecule is CC(C)Oc1ccc2c(ccn2S(=O)(=O)c2cccc(NCCN(C)C)c2)c1. The zero-order chi connectivity index (χ0) is 20.3. The Balaban J connectivity index is 1.90. The Hall–Kier alpha value is -2.51. The summed E-state index contributed by atoms with van der Waals surface area (Å²) in [5.41, 5.74) is 1.41. The van der Waals surface area contributed by atoms with Gasteiger partial charge in [-0.3, -0.25) is 0 Å². The normalized spacial score (nSPS) is 12.1. The van der Waals surface area contributed by atoms with Crippen molar-refractivity contribution in [1.82, 2.24) is 8.87 Å². The topological polar surface area (TPSA) is 63.6 Å². The van der Waals surface area contributed by atoms with Crippen LogP contribution in [0.2, 0.25) is 0 Å². The molecule has 3 rings (SSSR count). The Labute approximate surface area is 166 Å². The fourth-order valence-electron chi connectivity index (χ4n) is 2.95. The van der Waals surface area contributed by atoms with Gasteiger partial charge < -0.3 is 15.0 Å². The predicted octanol–water partition coefficient (Wildman–Crippen LogP) is 3.64. The summed E-state index contributed by atoms with van der Waals surface area (Å²) in [5.74, 6) is 0.727. The molecule has 0 aliphatic carbocycles. The van der Waals surface area contributed by atoms with Crippen molar-refractivity contribution in [2.45, 2.75) is 24.8 Å². The third-order valence-electron chi connectivity index (χ3n) is 4.28. The van der Waals surface area contributed by atoms with E-state index in [1.165, 1.54) is 3.97 Å². The quantitative estimate of drug-likeness (QED) is 0.624. The van der Waals surface area contributed by atoms with Gasteiger partial charge in [-0.2, -0.15) is 0 Å². The van der Waals surface area contributed by atoms with Gasteiger partial charge in [-0.1, -0.05) is 6.07 Å². The average molecular weight is 402 g/mol. The van der Waals surface area contributed by atoms with Crippen LogP contribution < -0.4 is 10.1 Å². The number of benzene rings is 2. The number of anilines is 1. The van der Waals surface area contributed by atoms with E-state index in [9.17, 15) is 8.42 Å². The third-order valence-corrected chi connectivity index (χ3v) is 5.96. The van der Waals surface area contributed by atoms with Gasteiger partial charge in [0.2, 0.25) is 0 Å². The number of hydrogen-bond donors (Lipinski definition) is 1. The van der Waals surface area contributed by atoms with Crippen LogP contribution in [0.4, 0.5) is 5.69 Å². The molecule has 7 heteroatoms. The van der Waals surface area contributed by atoms with Crippen LogP contribution in [0.1, 0.15) is 13.8 Å². The van der Waals surface area contributed by atoms with E-state index in [-0.39, 0.29) is 11.0 Å². The molecule has 0 aliphatic heterocycles. The number of ether oxygens (including phenoxy) is 1. The molecule has 0 aliphatic rings. The van der Waals surface area contributed by atoms with Crippen molar-refractivity contribution in [2.75, 3.05) is 32.5 Å². The van der Waals surface area contributed by atoms with E-state index < -0.39 is 10.0 Å². The second kappa shape index (κ2) is 8.24. The van der Waals surface area contributed by atoms with Crippen LogP contribution in [0.25, 0.3) is 10.9 Å². The summed E-state index contributed by atoms with van der Waals surface area (Å²) in [5, 5.41) is 4.09. The number of likely N-dealkylation sites (N-methyl/N-ethyl adjacent to an activating group) is 1. The second-order valence-electron chi connectivity index (χ2n) is 7.26. The van der Waals surface area contributed by atoms with Crippen molar-refractivity contribution >= 4 is 26.6 Å². The van der Waals surface area contributed by atoms with E-state index in [2.05, 4.69) is 10.2 Å². The molecular formula is C21H27N3O3S. The van der Waals surface area contributed by atoms with Crippen LogP contribution in [-0.4, -0.2) is 50.6 Å². The van der Waals surface area contributed by atoms with Crippen molar-refractivity contribution < 1.29 is 13.2 Å². The number of fused-ring (bicyclic) bond motifs is 1. The van der Waals surface area contributed by atoms with Crippen LogP contribution >= 0.6 is 0 Å². The summed E-state index contributed by atoms with van der Waals surface area (Å²) >= 11 is 0. The van der Waals surface area contributed by atoms with Crippen molar-refractivity contribution in [2.24, 2.45) is 0 Å². The van der Waals surface area contributed by atoms with Gasteiger partial charge in [-0.15, -0.1) is 0 Å². The van der Waals surface area contributed by atoms with E-state index in [4.69, 9.17) is 4.74 Å². The first kappa shape index (κ1) is 20.2. The fourth-order valence-corrected chi connectivity index (χ4v) is 4.35. The molecular weight excluding hydrogens is 374 g/mol. The summed E-state index contributed by atoms with van der Waals surface area (Å²) in [4.78, 5) is 2.32. The molecule has 0 unspecified atom stereocenters. The van der Waals surface area contributed by atoms with Crippen LogP contribution in [0.3, 0.4) is 0 Å². The first-order valence-electron chi connectivity index (χ1n) is 9.29. The number of hydrogen-bond acceptors (Lipinski definition) is 5. The number of rotatable bonds is 8. The standard InChI is InChI=1S/C21H27N3O3S/c1-16(2)27-19-8-9-21-17(14-19)10-12-24(21)28(25,26)20-7-5-6-18(15-20)22-11-13-23(3)4/h5-10,12,14-16,22H,11,13H2,1-4H3. The molecule has 3 aromatic rings. The highest BCUT2D eigenvalue weighted by Crippen LogP contribution is 2.27. The lowest BCUT2D eigenvalue weighted by Crippen LogP contribution is -2.21. The zero-order valence-corrected chi connectivity index (χ0v) is 17.5. The predicted molar refractivity (Wildman–Crippen MR) is 114 cm³/mol. The third kappa shape index (κ3) is 4.48. The van der Waals surface area contributed by atoms with Crippen LogP contribution in [0.5, 0.6) is 5.75 Å². The monoisotopic (exact) mass is 401 g/mol. The van der Waals surface area contributed by atoms with Crippen LogP contribution in [0.15, 0.2) is 59.6 Å². The van der Waals surface area contributed by atoms with Gasteiger partial charge in [0.1, 0.15) is 5.75 Å². The van der Waals surface area contributed by atoms with E-state index >= 15 is 0 Å². The van der Waals surface area contributed by atoms with Gasteiger partial charge in [-0.25, -0.2) is 12.4 Å². The molecule has 2 aromatic carbocycles. The molecule has 0 fully saturated rings. The van der Waals surface area contributed by atoms with E-state index in [0.717, 1.165) is 29.9 Å². The zero-order valence-electron chi connectivity index (χ0n) is 16.7. The molecule has 0 saturated heterocycles. The molecule has 1 N–H and O–H groups in total. The lowest BCUT2D eigenvalue weighted by molar-refractivity contribution is 0.243. The maximum absolute atomic E-state index is 13.2.